The van der Waals surface area contributed by atoms with Crippen LogP contribution < -0.4 is 0 Å². The summed E-state index contributed by atoms with van der Waals surface area (Å²) >= 11 is 0. The fraction of sp³-hybridized carbons (Fsp3) is 0.0909. The summed E-state index contributed by atoms with van der Waals surface area (Å²) in [6.07, 6.45) is 4.38. The number of nitrogens with zero attached hydrogens (tertiary/aromatic N) is 2. The largest absolute Gasteiger partial charge is 0.477 e. The zero-order valence-electron chi connectivity index (χ0n) is 8.30. The second kappa shape index (κ2) is 4.14. The molecule has 0 spiro atoms. The zero-order valence-corrected chi connectivity index (χ0v) is 8.30. The van der Waals surface area contributed by atoms with Gasteiger partial charge in [0, 0.05) is 31.2 Å². The fourth-order valence-electron chi connectivity index (χ4n) is 1.47. The molecule has 4 nitrogen and oxygen atoms in total. The highest BCUT2D eigenvalue weighted by atomic mass is 19.1. The first-order chi connectivity index (χ1) is 7.66. The molecule has 1 N–H and O–H groups in total. The molecule has 16 heavy (non-hydrogen) atoms. The molecule has 0 radical (unpaired) electrons. The van der Waals surface area contributed by atoms with E-state index in [9.17, 15) is 9.18 Å². The van der Waals surface area contributed by atoms with Crippen LogP contribution in [0.3, 0.4) is 0 Å². The number of carbonyl (C=O) groups is 1. The highest BCUT2D eigenvalue weighted by Crippen LogP contribution is 2.10. The minimum atomic E-state index is -1.14. The van der Waals surface area contributed by atoms with Crippen LogP contribution in [-0.4, -0.2) is 20.6 Å². The number of rotatable bonds is 3. The lowest BCUT2D eigenvalue weighted by Gasteiger charge is -2.05. The summed E-state index contributed by atoms with van der Waals surface area (Å²) in [6.45, 7) is 0.314. The molecule has 5 heteroatoms. The SMILES string of the molecule is O=C(O)c1cc(F)cn1Cc1ccncc1. The van der Waals surface area contributed by atoms with Crippen molar-refractivity contribution in [2.75, 3.05) is 0 Å². The molecule has 0 fully saturated rings. The van der Waals surface area contributed by atoms with Crippen molar-refractivity contribution in [3.8, 4) is 0 Å². The van der Waals surface area contributed by atoms with Gasteiger partial charge >= 0.3 is 5.97 Å². The Morgan fingerprint density at radius 2 is 2.12 bits per heavy atom. The summed E-state index contributed by atoms with van der Waals surface area (Å²) in [5, 5.41) is 8.86. The summed E-state index contributed by atoms with van der Waals surface area (Å²) in [6, 6.07) is 4.51. The van der Waals surface area contributed by atoms with Crippen molar-refractivity contribution in [3.63, 3.8) is 0 Å². The van der Waals surface area contributed by atoms with Crippen molar-refractivity contribution in [2.45, 2.75) is 6.54 Å². The van der Waals surface area contributed by atoms with Gasteiger partial charge in [-0.3, -0.25) is 4.98 Å². The maximum Gasteiger partial charge on any atom is 0.352 e. The molecule has 2 rings (SSSR count). The molecular formula is C11H9FN2O2. The average molecular weight is 220 g/mol. The predicted octanol–water partition coefficient (Wildman–Crippen LogP) is 1.77. The van der Waals surface area contributed by atoms with E-state index in [4.69, 9.17) is 5.11 Å². The first kappa shape index (κ1) is 10.4. The van der Waals surface area contributed by atoms with Crippen molar-refractivity contribution in [2.24, 2.45) is 0 Å². The number of aromatic nitrogens is 2. The third-order valence-electron chi connectivity index (χ3n) is 2.18. The number of carboxylic acid groups (broad SMARTS) is 1. The topological polar surface area (TPSA) is 55.1 Å². The first-order valence-electron chi connectivity index (χ1n) is 4.64. The van der Waals surface area contributed by atoms with E-state index in [1.54, 1.807) is 24.5 Å². The molecule has 2 aromatic rings. The van der Waals surface area contributed by atoms with Crippen LogP contribution in [0.25, 0.3) is 0 Å². The van der Waals surface area contributed by atoms with Gasteiger partial charge in [0.25, 0.3) is 0 Å². The van der Waals surface area contributed by atoms with Crippen LogP contribution in [0.1, 0.15) is 16.1 Å². The number of aromatic carboxylic acids is 1. The van der Waals surface area contributed by atoms with Crippen molar-refractivity contribution < 1.29 is 14.3 Å². The van der Waals surface area contributed by atoms with Gasteiger partial charge in [0.2, 0.25) is 0 Å². The third kappa shape index (κ3) is 2.08. The van der Waals surface area contributed by atoms with Gasteiger partial charge in [0.05, 0.1) is 0 Å². The smallest absolute Gasteiger partial charge is 0.352 e. The highest BCUT2D eigenvalue weighted by Gasteiger charge is 2.12. The maximum atomic E-state index is 13.0. The van der Waals surface area contributed by atoms with E-state index in [-0.39, 0.29) is 5.69 Å². The molecule has 0 unspecified atom stereocenters. The Morgan fingerprint density at radius 3 is 2.75 bits per heavy atom. The average Bonchev–Trinajstić information content (AvgIpc) is 2.61. The second-order valence-corrected chi connectivity index (χ2v) is 3.33. The van der Waals surface area contributed by atoms with Crippen LogP contribution in [0.2, 0.25) is 0 Å². The molecule has 0 aromatic carbocycles. The van der Waals surface area contributed by atoms with E-state index in [0.717, 1.165) is 11.6 Å². The molecule has 0 atom stereocenters. The summed E-state index contributed by atoms with van der Waals surface area (Å²) in [5.74, 6) is -1.69. The van der Waals surface area contributed by atoms with Crippen LogP contribution in [0.5, 0.6) is 0 Å². The van der Waals surface area contributed by atoms with Gasteiger partial charge in [-0.2, -0.15) is 0 Å². The van der Waals surface area contributed by atoms with Crippen LogP contribution in [0, 0.1) is 5.82 Å². The molecule has 0 saturated carbocycles. The van der Waals surface area contributed by atoms with Crippen molar-refractivity contribution in [3.05, 3.63) is 53.9 Å². The minimum Gasteiger partial charge on any atom is -0.477 e. The van der Waals surface area contributed by atoms with E-state index in [1.807, 2.05) is 0 Å². The Labute approximate surface area is 91.0 Å². The number of hydrogen-bond donors (Lipinski definition) is 1. The summed E-state index contributed by atoms with van der Waals surface area (Å²) in [7, 11) is 0. The highest BCUT2D eigenvalue weighted by molar-refractivity contribution is 5.85. The van der Waals surface area contributed by atoms with Crippen molar-refractivity contribution in [1.82, 2.24) is 9.55 Å². The summed E-state index contributed by atoms with van der Waals surface area (Å²) in [5.41, 5.74) is 0.808. The molecule has 0 aliphatic heterocycles. The van der Waals surface area contributed by atoms with Crippen molar-refractivity contribution in [1.29, 1.82) is 0 Å². The van der Waals surface area contributed by atoms with E-state index in [1.165, 1.54) is 10.8 Å². The minimum absolute atomic E-state index is 0.0608. The van der Waals surface area contributed by atoms with Gasteiger partial charge < -0.3 is 9.67 Å². The number of halogens is 1. The van der Waals surface area contributed by atoms with E-state index >= 15 is 0 Å². The van der Waals surface area contributed by atoms with E-state index in [2.05, 4.69) is 4.98 Å². The lowest BCUT2D eigenvalue weighted by atomic mass is 10.2. The van der Waals surface area contributed by atoms with Gasteiger partial charge in [-0.25, -0.2) is 9.18 Å². The Hall–Kier alpha value is -2.17. The Bertz CT molecular complexity index is 508. The molecule has 0 aliphatic carbocycles. The van der Waals surface area contributed by atoms with E-state index in [0.29, 0.717) is 6.54 Å². The summed E-state index contributed by atoms with van der Waals surface area (Å²) in [4.78, 5) is 14.7. The Balaban J connectivity index is 2.31. The summed E-state index contributed by atoms with van der Waals surface area (Å²) < 4.78 is 14.3. The number of carboxylic acids is 1. The fourth-order valence-corrected chi connectivity index (χ4v) is 1.47. The lowest BCUT2D eigenvalue weighted by Crippen LogP contribution is -2.08. The van der Waals surface area contributed by atoms with Gasteiger partial charge in [-0.15, -0.1) is 0 Å². The molecule has 0 aliphatic rings. The maximum absolute atomic E-state index is 13.0. The quantitative estimate of drug-likeness (QED) is 0.857. The molecule has 82 valence electrons. The van der Waals surface area contributed by atoms with Gasteiger partial charge in [-0.05, 0) is 17.7 Å². The number of hydrogen-bond acceptors (Lipinski definition) is 2. The molecule has 0 saturated heterocycles. The van der Waals surface area contributed by atoms with Crippen LogP contribution in [0.4, 0.5) is 4.39 Å². The van der Waals surface area contributed by atoms with Gasteiger partial charge in [0.15, 0.2) is 0 Å². The number of pyridine rings is 1. The molecule has 2 aromatic heterocycles. The van der Waals surface area contributed by atoms with Gasteiger partial charge in [0.1, 0.15) is 11.5 Å². The zero-order chi connectivity index (χ0) is 11.5. The monoisotopic (exact) mass is 220 g/mol. The molecule has 2 heterocycles. The molecule has 0 bridgehead atoms. The van der Waals surface area contributed by atoms with Crippen LogP contribution in [0.15, 0.2) is 36.8 Å². The predicted molar refractivity (Wildman–Crippen MR) is 54.7 cm³/mol. The van der Waals surface area contributed by atoms with Crippen molar-refractivity contribution >= 4 is 5.97 Å². The van der Waals surface area contributed by atoms with Gasteiger partial charge in [-0.1, -0.05) is 0 Å². The van der Waals surface area contributed by atoms with Crippen LogP contribution >= 0.6 is 0 Å². The first-order valence-corrected chi connectivity index (χ1v) is 4.64. The molecule has 0 amide bonds. The normalized spacial score (nSPS) is 10.3. The standard InChI is InChI=1S/C11H9FN2O2/c12-9-5-10(11(15)16)14(7-9)6-8-1-3-13-4-2-8/h1-5,7H,6H2,(H,15,16). The van der Waals surface area contributed by atoms with E-state index < -0.39 is 11.8 Å². The van der Waals surface area contributed by atoms with Crippen LogP contribution in [-0.2, 0) is 6.54 Å². The lowest BCUT2D eigenvalue weighted by molar-refractivity contribution is 0.0685. The Kier molecular flexibility index (Phi) is 2.68. The molecular weight excluding hydrogens is 211 g/mol. The second-order valence-electron chi connectivity index (χ2n) is 3.33. The third-order valence-corrected chi connectivity index (χ3v) is 2.18. The Morgan fingerprint density at radius 1 is 1.44 bits per heavy atom.